The molecule has 24 heavy (non-hydrogen) atoms. The molecule has 0 amide bonds. The highest BCUT2D eigenvalue weighted by Crippen LogP contribution is 2.53. The standard InChI is InChI=1S/C23H22O/c1-3-23(4-2)20-11-7-5-10-18(20)19-14-13-16(15-21(19)23)17-9-6-8-12-22(17)24/h5-15,24H,3-4H2,1-2H3. The molecule has 1 aliphatic carbocycles. The van der Waals surface area contributed by atoms with Crippen LogP contribution in [0.15, 0.2) is 66.7 Å². The van der Waals surface area contributed by atoms with Crippen molar-refractivity contribution in [1.82, 2.24) is 0 Å². The van der Waals surface area contributed by atoms with Gasteiger partial charge in [0.05, 0.1) is 0 Å². The lowest BCUT2D eigenvalue weighted by atomic mass is 9.73. The minimum atomic E-state index is 0.0757. The van der Waals surface area contributed by atoms with Gasteiger partial charge in [-0.25, -0.2) is 0 Å². The molecule has 1 heteroatoms. The Morgan fingerprint density at radius 2 is 1.33 bits per heavy atom. The Morgan fingerprint density at radius 1 is 0.708 bits per heavy atom. The second-order valence-electron chi connectivity index (χ2n) is 6.61. The van der Waals surface area contributed by atoms with E-state index in [1.165, 1.54) is 22.3 Å². The topological polar surface area (TPSA) is 20.2 Å². The molecular weight excluding hydrogens is 292 g/mol. The molecule has 3 aromatic rings. The van der Waals surface area contributed by atoms with Crippen molar-refractivity contribution < 1.29 is 5.11 Å². The molecule has 0 unspecified atom stereocenters. The first-order chi connectivity index (χ1) is 11.7. The monoisotopic (exact) mass is 314 g/mol. The molecular formula is C23H22O. The summed E-state index contributed by atoms with van der Waals surface area (Å²) in [6, 6.07) is 23.0. The van der Waals surface area contributed by atoms with Crippen LogP contribution in [0.3, 0.4) is 0 Å². The van der Waals surface area contributed by atoms with E-state index in [1.807, 2.05) is 18.2 Å². The summed E-state index contributed by atoms with van der Waals surface area (Å²) < 4.78 is 0. The molecule has 0 heterocycles. The van der Waals surface area contributed by atoms with Gasteiger partial charge in [-0.15, -0.1) is 0 Å². The Morgan fingerprint density at radius 3 is 2.04 bits per heavy atom. The average Bonchev–Trinajstić information content (AvgIpc) is 2.92. The lowest BCUT2D eigenvalue weighted by molar-refractivity contribution is 0.477. The van der Waals surface area contributed by atoms with Crippen LogP contribution in [-0.2, 0) is 5.41 Å². The Labute approximate surface area is 143 Å². The minimum absolute atomic E-state index is 0.0757. The predicted molar refractivity (Wildman–Crippen MR) is 100 cm³/mol. The third-order valence-corrected chi connectivity index (χ3v) is 5.69. The average molecular weight is 314 g/mol. The summed E-state index contributed by atoms with van der Waals surface area (Å²) in [5, 5.41) is 10.2. The molecule has 3 aromatic carbocycles. The van der Waals surface area contributed by atoms with E-state index in [4.69, 9.17) is 0 Å². The highest BCUT2D eigenvalue weighted by Gasteiger charge is 2.40. The minimum Gasteiger partial charge on any atom is -0.507 e. The van der Waals surface area contributed by atoms with Crippen molar-refractivity contribution >= 4 is 0 Å². The van der Waals surface area contributed by atoms with Gasteiger partial charge < -0.3 is 5.11 Å². The van der Waals surface area contributed by atoms with E-state index in [2.05, 4.69) is 56.3 Å². The van der Waals surface area contributed by atoms with Gasteiger partial charge in [-0.05, 0) is 52.8 Å². The molecule has 0 fully saturated rings. The van der Waals surface area contributed by atoms with E-state index in [0.717, 1.165) is 24.0 Å². The third-order valence-electron chi connectivity index (χ3n) is 5.69. The molecule has 0 atom stereocenters. The van der Waals surface area contributed by atoms with E-state index >= 15 is 0 Å². The number of para-hydroxylation sites is 1. The number of hydrogen-bond donors (Lipinski definition) is 1. The molecule has 0 spiro atoms. The van der Waals surface area contributed by atoms with Crippen molar-refractivity contribution in [3.63, 3.8) is 0 Å². The number of phenols is 1. The van der Waals surface area contributed by atoms with E-state index < -0.39 is 0 Å². The zero-order valence-electron chi connectivity index (χ0n) is 14.2. The SMILES string of the molecule is CCC1(CC)c2ccccc2-c2ccc(-c3ccccc3O)cc21. The highest BCUT2D eigenvalue weighted by atomic mass is 16.3. The van der Waals surface area contributed by atoms with E-state index in [-0.39, 0.29) is 5.41 Å². The molecule has 1 nitrogen and oxygen atoms in total. The largest absolute Gasteiger partial charge is 0.507 e. The number of aromatic hydroxyl groups is 1. The second kappa shape index (κ2) is 5.52. The first-order valence-corrected chi connectivity index (χ1v) is 8.74. The molecule has 120 valence electrons. The second-order valence-corrected chi connectivity index (χ2v) is 6.61. The van der Waals surface area contributed by atoms with Crippen LogP contribution in [-0.4, -0.2) is 5.11 Å². The summed E-state index contributed by atoms with van der Waals surface area (Å²) in [5.74, 6) is 0.339. The van der Waals surface area contributed by atoms with Gasteiger partial charge in [0, 0.05) is 11.0 Å². The number of hydrogen-bond acceptors (Lipinski definition) is 1. The molecule has 0 aromatic heterocycles. The zero-order valence-corrected chi connectivity index (χ0v) is 14.2. The molecule has 1 aliphatic rings. The number of fused-ring (bicyclic) bond motifs is 3. The highest BCUT2D eigenvalue weighted by molar-refractivity contribution is 5.84. The summed E-state index contributed by atoms with van der Waals surface area (Å²) in [6.45, 7) is 4.56. The van der Waals surface area contributed by atoms with Gasteiger partial charge in [-0.1, -0.05) is 68.4 Å². The van der Waals surface area contributed by atoms with Gasteiger partial charge >= 0.3 is 0 Å². The van der Waals surface area contributed by atoms with Gasteiger partial charge in [-0.3, -0.25) is 0 Å². The zero-order chi connectivity index (χ0) is 16.7. The van der Waals surface area contributed by atoms with Crippen molar-refractivity contribution in [1.29, 1.82) is 0 Å². The summed E-state index contributed by atoms with van der Waals surface area (Å²) in [5.41, 5.74) is 7.61. The number of phenolic OH excluding ortho intramolecular Hbond substituents is 1. The van der Waals surface area contributed by atoms with Crippen LogP contribution in [0.25, 0.3) is 22.3 Å². The van der Waals surface area contributed by atoms with Crippen molar-refractivity contribution in [3.8, 4) is 28.0 Å². The number of benzene rings is 3. The van der Waals surface area contributed by atoms with Crippen LogP contribution in [0.5, 0.6) is 5.75 Å². The molecule has 0 bridgehead atoms. The first-order valence-electron chi connectivity index (χ1n) is 8.74. The molecule has 0 saturated carbocycles. The summed E-state index contributed by atoms with van der Waals surface area (Å²) in [7, 11) is 0. The van der Waals surface area contributed by atoms with Crippen LogP contribution >= 0.6 is 0 Å². The van der Waals surface area contributed by atoms with Gasteiger partial charge in [-0.2, -0.15) is 0 Å². The van der Waals surface area contributed by atoms with Gasteiger partial charge in [0.2, 0.25) is 0 Å². The normalized spacial score (nSPS) is 14.2. The molecule has 1 N–H and O–H groups in total. The van der Waals surface area contributed by atoms with Crippen molar-refractivity contribution in [2.75, 3.05) is 0 Å². The fourth-order valence-corrected chi connectivity index (χ4v) is 4.35. The Balaban J connectivity index is 1.98. The smallest absolute Gasteiger partial charge is 0.123 e. The maximum Gasteiger partial charge on any atom is 0.123 e. The van der Waals surface area contributed by atoms with Crippen LogP contribution in [0.2, 0.25) is 0 Å². The molecule has 4 rings (SSSR count). The van der Waals surface area contributed by atoms with Crippen LogP contribution in [0.1, 0.15) is 37.8 Å². The van der Waals surface area contributed by atoms with E-state index in [0.29, 0.717) is 5.75 Å². The predicted octanol–water partition coefficient (Wildman–Crippen LogP) is 6.15. The van der Waals surface area contributed by atoms with Gasteiger partial charge in [0.15, 0.2) is 0 Å². The fraction of sp³-hybridized carbons (Fsp3) is 0.217. The summed E-state index contributed by atoms with van der Waals surface area (Å²) >= 11 is 0. The first kappa shape index (κ1) is 15.0. The molecule has 0 saturated heterocycles. The Kier molecular flexibility index (Phi) is 3.45. The van der Waals surface area contributed by atoms with E-state index in [1.54, 1.807) is 6.07 Å². The van der Waals surface area contributed by atoms with Crippen molar-refractivity contribution in [2.24, 2.45) is 0 Å². The van der Waals surface area contributed by atoms with Gasteiger partial charge in [0.25, 0.3) is 0 Å². The molecule has 0 aliphatic heterocycles. The van der Waals surface area contributed by atoms with Crippen molar-refractivity contribution in [3.05, 3.63) is 77.9 Å². The van der Waals surface area contributed by atoms with E-state index in [9.17, 15) is 5.11 Å². The maximum absolute atomic E-state index is 10.2. The Bertz CT molecular complexity index is 903. The Hall–Kier alpha value is -2.54. The maximum atomic E-state index is 10.2. The third kappa shape index (κ3) is 1.94. The molecule has 0 radical (unpaired) electrons. The van der Waals surface area contributed by atoms with Gasteiger partial charge in [0.1, 0.15) is 5.75 Å². The lowest BCUT2D eigenvalue weighted by Gasteiger charge is -2.30. The lowest BCUT2D eigenvalue weighted by Crippen LogP contribution is -2.23. The van der Waals surface area contributed by atoms with Crippen LogP contribution < -0.4 is 0 Å². The van der Waals surface area contributed by atoms with Crippen molar-refractivity contribution in [2.45, 2.75) is 32.1 Å². The summed E-state index contributed by atoms with van der Waals surface area (Å²) in [6.07, 6.45) is 2.16. The van der Waals surface area contributed by atoms with Crippen LogP contribution in [0.4, 0.5) is 0 Å². The van der Waals surface area contributed by atoms with Crippen LogP contribution in [0, 0.1) is 0 Å². The summed E-state index contributed by atoms with van der Waals surface area (Å²) in [4.78, 5) is 0. The fourth-order valence-electron chi connectivity index (χ4n) is 4.35. The number of rotatable bonds is 3. The quantitative estimate of drug-likeness (QED) is 0.615.